The zero-order valence-corrected chi connectivity index (χ0v) is 14.0. The van der Waals surface area contributed by atoms with Crippen molar-refractivity contribution >= 4 is 15.9 Å². The first-order chi connectivity index (χ1) is 10.8. The highest BCUT2D eigenvalue weighted by Gasteiger charge is 2.45. The summed E-state index contributed by atoms with van der Waals surface area (Å²) in [4.78, 5) is 18.2. The number of rotatable bonds is 2. The van der Waals surface area contributed by atoms with Gasteiger partial charge in [-0.05, 0) is 0 Å². The standard InChI is InChI=1S/C13H20N4O5S/c1-15-4-3-14-11(15)12(18)16-5-7-21-13(9-16)10-17(6-8-22-13)23(2,19)20/h3-4H,5-10H2,1-2H3. The van der Waals surface area contributed by atoms with Crippen LogP contribution < -0.4 is 0 Å². The quantitative estimate of drug-likeness (QED) is 0.675. The molecule has 0 aromatic carbocycles. The van der Waals surface area contributed by atoms with Crippen LogP contribution in [-0.4, -0.2) is 84.5 Å². The molecule has 2 aliphatic rings. The van der Waals surface area contributed by atoms with Gasteiger partial charge in [-0.25, -0.2) is 13.4 Å². The Labute approximate surface area is 134 Å². The molecular weight excluding hydrogens is 324 g/mol. The Balaban J connectivity index is 1.78. The molecule has 10 heteroatoms. The minimum Gasteiger partial charge on any atom is -0.346 e. The van der Waals surface area contributed by atoms with Gasteiger partial charge in [-0.15, -0.1) is 0 Å². The van der Waals surface area contributed by atoms with E-state index in [4.69, 9.17) is 9.47 Å². The van der Waals surface area contributed by atoms with Crippen molar-refractivity contribution < 1.29 is 22.7 Å². The number of amides is 1. The lowest BCUT2D eigenvalue weighted by Crippen LogP contribution is -2.63. The molecule has 2 fully saturated rings. The summed E-state index contributed by atoms with van der Waals surface area (Å²) in [6.45, 7) is 1.47. The van der Waals surface area contributed by atoms with E-state index in [0.29, 0.717) is 12.4 Å². The third-order valence-corrected chi connectivity index (χ3v) is 5.30. The maximum Gasteiger partial charge on any atom is 0.290 e. The number of hydrogen-bond acceptors (Lipinski definition) is 6. The van der Waals surface area contributed by atoms with E-state index in [1.54, 1.807) is 28.9 Å². The molecule has 1 aromatic rings. The Bertz CT molecular complexity index is 699. The van der Waals surface area contributed by atoms with E-state index in [2.05, 4.69) is 4.98 Å². The second-order valence-electron chi connectivity index (χ2n) is 5.79. The van der Waals surface area contributed by atoms with Crippen molar-refractivity contribution in [3.05, 3.63) is 18.2 Å². The zero-order chi connectivity index (χ0) is 16.7. The second kappa shape index (κ2) is 5.86. The normalized spacial score (nSPS) is 26.6. The molecule has 1 unspecified atom stereocenters. The molecule has 0 radical (unpaired) electrons. The molecule has 9 nitrogen and oxygen atoms in total. The Morgan fingerprint density at radius 2 is 1.96 bits per heavy atom. The molecule has 23 heavy (non-hydrogen) atoms. The van der Waals surface area contributed by atoms with E-state index in [1.165, 1.54) is 4.31 Å². The van der Waals surface area contributed by atoms with E-state index in [9.17, 15) is 13.2 Å². The van der Waals surface area contributed by atoms with Crippen molar-refractivity contribution in [2.75, 3.05) is 45.6 Å². The van der Waals surface area contributed by atoms with Crippen LogP contribution in [0.5, 0.6) is 0 Å². The van der Waals surface area contributed by atoms with Crippen LogP contribution >= 0.6 is 0 Å². The number of morpholine rings is 2. The largest absolute Gasteiger partial charge is 0.346 e. The minimum atomic E-state index is -3.34. The van der Waals surface area contributed by atoms with Crippen molar-refractivity contribution in [2.24, 2.45) is 7.05 Å². The number of sulfonamides is 1. The number of hydrogen-bond donors (Lipinski definition) is 0. The summed E-state index contributed by atoms with van der Waals surface area (Å²) >= 11 is 0. The van der Waals surface area contributed by atoms with Crippen molar-refractivity contribution in [2.45, 2.75) is 5.79 Å². The van der Waals surface area contributed by atoms with Crippen LogP contribution in [0.15, 0.2) is 12.4 Å². The average Bonchev–Trinajstić information content (AvgIpc) is 2.92. The Morgan fingerprint density at radius 1 is 1.26 bits per heavy atom. The maximum absolute atomic E-state index is 12.6. The third kappa shape index (κ3) is 3.25. The van der Waals surface area contributed by atoms with Crippen molar-refractivity contribution in [3.8, 4) is 0 Å². The Hall–Kier alpha value is -1.49. The van der Waals surface area contributed by atoms with Crippen LogP contribution in [0.2, 0.25) is 0 Å². The van der Waals surface area contributed by atoms with Gasteiger partial charge in [-0.3, -0.25) is 4.79 Å². The van der Waals surface area contributed by atoms with Crippen LogP contribution in [0.4, 0.5) is 0 Å². The highest BCUT2D eigenvalue weighted by Crippen LogP contribution is 2.26. The van der Waals surface area contributed by atoms with Gasteiger partial charge in [-0.2, -0.15) is 4.31 Å². The summed E-state index contributed by atoms with van der Waals surface area (Å²) in [7, 11) is -1.59. The highest BCUT2D eigenvalue weighted by molar-refractivity contribution is 7.88. The average molecular weight is 344 g/mol. The molecule has 0 N–H and O–H groups in total. The van der Waals surface area contributed by atoms with Gasteiger partial charge >= 0.3 is 0 Å². The van der Waals surface area contributed by atoms with E-state index in [1.807, 2.05) is 0 Å². The van der Waals surface area contributed by atoms with Crippen molar-refractivity contribution in [1.82, 2.24) is 18.8 Å². The molecule has 3 rings (SSSR count). The molecule has 0 aliphatic carbocycles. The lowest BCUT2D eigenvalue weighted by molar-refractivity contribution is -0.279. The summed E-state index contributed by atoms with van der Waals surface area (Å²) in [6, 6.07) is 0. The summed E-state index contributed by atoms with van der Waals surface area (Å²) in [6.07, 6.45) is 4.42. The van der Waals surface area contributed by atoms with Gasteiger partial charge in [0.2, 0.25) is 10.0 Å². The van der Waals surface area contributed by atoms with E-state index in [0.717, 1.165) is 6.26 Å². The molecule has 1 aromatic heterocycles. The Kier molecular flexibility index (Phi) is 4.17. The fourth-order valence-corrected chi connectivity index (χ4v) is 3.67. The maximum atomic E-state index is 12.6. The molecule has 0 bridgehead atoms. The molecule has 128 valence electrons. The van der Waals surface area contributed by atoms with Gasteiger partial charge in [0.1, 0.15) is 0 Å². The molecule has 1 amide bonds. The van der Waals surface area contributed by atoms with Crippen LogP contribution in [0.3, 0.4) is 0 Å². The number of carbonyl (C=O) groups excluding carboxylic acids is 1. The third-order valence-electron chi connectivity index (χ3n) is 4.05. The number of nitrogens with zero attached hydrogens (tertiary/aromatic N) is 4. The fourth-order valence-electron chi connectivity index (χ4n) is 2.84. The molecule has 1 spiro atoms. The number of carbonyl (C=O) groups is 1. The SMILES string of the molecule is Cn1ccnc1C(=O)N1CCOC2(C1)CN(S(C)(=O)=O)CCO2. The first kappa shape index (κ1) is 16.4. The lowest BCUT2D eigenvalue weighted by atomic mass is 10.2. The molecule has 1 atom stereocenters. The summed E-state index contributed by atoms with van der Waals surface area (Å²) < 4.78 is 38.0. The number of aryl methyl sites for hydroxylation is 1. The predicted molar refractivity (Wildman–Crippen MR) is 80.2 cm³/mol. The van der Waals surface area contributed by atoms with Gasteiger partial charge in [0.05, 0.1) is 32.6 Å². The molecule has 0 saturated carbocycles. The van der Waals surface area contributed by atoms with Gasteiger partial charge in [-0.1, -0.05) is 0 Å². The fraction of sp³-hybridized carbons (Fsp3) is 0.692. The van der Waals surface area contributed by atoms with Crippen LogP contribution in [0.1, 0.15) is 10.6 Å². The summed E-state index contributed by atoms with van der Waals surface area (Å²) in [5, 5.41) is 0. The first-order valence-electron chi connectivity index (χ1n) is 7.30. The molecule has 2 saturated heterocycles. The number of imidazole rings is 1. The van der Waals surface area contributed by atoms with Crippen LogP contribution in [-0.2, 0) is 26.5 Å². The monoisotopic (exact) mass is 344 g/mol. The van der Waals surface area contributed by atoms with Crippen LogP contribution in [0.25, 0.3) is 0 Å². The zero-order valence-electron chi connectivity index (χ0n) is 13.1. The van der Waals surface area contributed by atoms with E-state index in [-0.39, 0.29) is 38.8 Å². The summed E-state index contributed by atoms with van der Waals surface area (Å²) in [5.74, 6) is -1.00. The first-order valence-corrected chi connectivity index (χ1v) is 9.15. The minimum absolute atomic E-state index is 0.0795. The number of ether oxygens (including phenoxy) is 2. The molecular formula is C13H20N4O5S. The molecule has 3 heterocycles. The summed E-state index contributed by atoms with van der Waals surface area (Å²) in [5.41, 5.74) is 0. The van der Waals surface area contributed by atoms with Crippen LogP contribution in [0, 0.1) is 0 Å². The smallest absolute Gasteiger partial charge is 0.290 e. The van der Waals surface area contributed by atoms with Gasteiger partial charge in [0.25, 0.3) is 5.91 Å². The van der Waals surface area contributed by atoms with Crippen molar-refractivity contribution in [1.29, 1.82) is 0 Å². The highest BCUT2D eigenvalue weighted by atomic mass is 32.2. The van der Waals surface area contributed by atoms with Gasteiger partial charge in [0.15, 0.2) is 11.6 Å². The Morgan fingerprint density at radius 3 is 2.57 bits per heavy atom. The van der Waals surface area contributed by atoms with E-state index < -0.39 is 15.8 Å². The number of aromatic nitrogens is 2. The van der Waals surface area contributed by atoms with Gasteiger partial charge < -0.3 is 18.9 Å². The second-order valence-corrected chi connectivity index (χ2v) is 7.78. The predicted octanol–water partition coefficient (Wildman–Crippen LogP) is -1.12. The molecule has 2 aliphatic heterocycles. The van der Waals surface area contributed by atoms with Gasteiger partial charge in [0, 0.05) is 32.5 Å². The topological polar surface area (TPSA) is 94.0 Å². The van der Waals surface area contributed by atoms with Crippen molar-refractivity contribution in [3.63, 3.8) is 0 Å². The lowest BCUT2D eigenvalue weighted by Gasteiger charge is -2.46. The van der Waals surface area contributed by atoms with E-state index >= 15 is 0 Å².